The monoisotopic (exact) mass is 312 g/mol. The van der Waals surface area contributed by atoms with Gasteiger partial charge in [-0.15, -0.1) is 6.58 Å². The highest BCUT2D eigenvalue weighted by molar-refractivity contribution is 5.82. The molecule has 0 amide bonds. The van der Waals surface area contributed by atoms with Crippen LogP contribution in [0.15, 0.2) is 65.3 Å². The summed E-state index contributed by atoms with van der Waals surface area (Å²) in [6.07, 6.45) is 8.05. The summed E-state index contributed by atoms with van der Waals surface area (Å²) in [7, 11) is 0. The Hall–Kier alpha value is -2.62. The first-order valence-corrected chi connectivity index (χ1v) is 7.40. The van der Waals surface area contributed by atoms with E-state index in [-0.39, 0.29) is 0 Å². The molecule has 4 heteroatoms. The van der Waals surface area contributed by atoms with Gasteiger partial charge in [0.05, 0.1) is 12.4 Å². The van der Waals surface area contributed by atoms with Gasteiger partial charge in [0.15, 0.2) is 11.6 Å². The standard InChI is InChI=1S/C19H18F2N2/c1-2-3-4-5-15-6-8-16(9-7-15)13-22-23-14-17-10-11-18(20)19(21)12-17/h2,6-14H,1,3-5H2/b22-13+,23-14+. The predicted octanol–water partition coefficient (Wildman–Crippen LogP) is 4.93. The van der Waals surface area contributed by atoms with E-state index in [2.05, 4.69) is 28.9 Å². The molecular formula is C19H18F2N2. The molecule has 2 rings (SSSR count). The van der Waals surface area contributed by atoms with Crippen LogP contribution < -0.4 is 0 Å². The molecule has 0 N–H and O–H groups in total. The Bertz CT molecular complexity index is 704. The number of nitrogens with zero attached hydrogens (tertiary/aromatic N) is 2. The molecule has 0 unspecified atom stereocenters. The SMILES string of the molecule is C=CCCCc1ccc(/C=N/N=C/c2ccc(F)c(F)c2)cc1. The maximum absolute atomic E-state index is 13.0. The Morgan fingerprint density at radius 3 is 2.17 bits per heavy atom. The second-order valence-electron chi connectivity index (χ2n) is 5.09. The molecule has 2 aromatic rings. The van der Waals surface area contributed by atoms with Crippen molar-refractivity contribution in [1.82, 2.24) is 0 Å². The Balaban J connectivity index is 1.90. The number of halogens is 2. The molecule has 0 fully saturated rings. The van der Waals surface area contributed by atoms with Crippen molar-refractivity contribution < 1.29 is 8.78 Å². The van der Waals surface area contributed by atoms with Crippen LogP contribution in [0.2, 0.25) is 0 Å². The van der Waals surface area contributed by atoms with E-state index in [1.165, 1.54) is 17.8 Å². The highest BCUT2D eigenvalue weighted by Crippen LogP contribution is 2.08. The van der Waals surface area contributed by atoms with Crippen LogP contribution in [0.1, 0.15) is 29.5 Å². The molecule has 0 radical (unpaired) electrons. The van der Waals surface area contributed by atoms with Gasteiger partial charge in [-0.05, 0) is 48.1 Å². The summed E-state index contributed by atoms with van der Waals surface area (Å²) in [5, 5.41) is 7.74. The van der Waals surface area contributed by atoms with E-state index in [4.69, 9.17) is 0 Å². The van der Waals surface area contributed by atoms with Crippen LogP contribution in [0.5, 0.6) is 0 Å². The van der Waals surface area contributed by atoms with Crippen molar-refractivity contribution >= 4 is 12.4 Å². The Morgan fingerprint density at radius 2 is 1.52 bits per heavy atom. The molecule has 0 bridgehead atoms. The molecule has 0 saturated carbocycles. The first kappa shape index (κ1) is 16.7. The van der Waals surface area contributed by atoms with E-state index in [0.717, 1.165) is 37.0 Å². The van der Waals surface area contributed by atoms with Crippen molar-refractivity contribution in [2.75, 3.05) is 0 Å². The summed E-state index contributed by atoms with van der Waals surface area (Å²) in [4.78, 5) is 0. The van der Waals surface area contributed by atoms with Gasteiger partial charge < -0.3 is 0 Å². The zero-order valence-electron chi connectivity index (χ0n) is 12.8. The number of benzene rings is 2. The van der Waals surface area contributed by atoms with Crippen LogP contribution in [0.4, 0.5) is 8.78 Å². The average Bonchev–Trinajstić information content (AvgIpc) is 2.56. The normalized spacial score (nSPS) is 11.4. The summed E-state index contributed by atoms with van der Waals surface area (Å²) >= 11 is 0. The average molecular weight is 312 g/mol. The van der Waals surface area contributed by atoms with Gasteiger partial charge in [0.25, 0.3) is 0 Å². The molecule has 0 saturated heterocycles. The van der Waals surface area contributed by atoms with Crippen LogP contribution in [0, 0.1) is 11.6 Å². The van der Waals surface area contributed by atoms with Gasteiger partial charge in [-0.1, -0.05) is 36.4 Å². The van der Waals surface area contributed by atoms with Crippen LogP contribution in [-0.2, 0) is 6.42 Å². The van der Waals surface area contributed by atoms with E-state index < -0.39 is 11.6 Å². The summed E-state index contributed by atoms with van der Waals surface area (Å²) < 4.78 is 25.8. The van der Waals surface area contributed by atoms with Crippen molar-refractivity contribution in [1.29, 1.82) is 0 Å². The molecule has 0 heterocycles. The number of hydrogen-bond donors (Lipinski definition) is 0. The topological polar surface area (TPSA) is 24.7 Å². The molecule has 118 valence electrons. The maximum Gasteiger partial charge on any atom is 0.159 e. The summed E-state index contributed by atoms with van der Waals surface area (Å²) in [6.45, 7) is 3.71. The van der Waals surface area contributed by atoms with Crippen molar-refractivity contribution in [3.8, 4) is 0 Å². The first-order valence-electron chi connectivity index (χ1n) is 7.40. The predicted molar refractivity (Wildman–Crippen MR) is 91.1 cm³/mol. The lowest BCUT2D eigenvalue weighted by Gasteiger charge is -1.99. The number of aryl methyl sites for hydroxylation is 1. The molecule has 0 aliphatic rings. The van der Waals surface area contributed by atoms with Crippen LogP contribution in [-0.4, -0.2) is 12.4 Å². The Kier molecular flexibility index (Phi) is 6.36. The minimum absolute atomic E-state index is 0.457. The molecule has 23 heavy (non-hydrogen) atoms. The van der Waals surface area contributed by atoms with E-state index in [9.17, 15) is 8.78 Å². The fourth-order valence-electron chi connectivity index (χ4n) is 2.01. The quantitative estimate of drug-likeness (QED) is 0.300. The lowest BCUT2D eigenvalue weighted by atomic mass is 10.1. The number of rotatable bonds is 7. The van der Waals surface area contributed by atoms with E-state index in [1.54, 1.807) is 6.21 Å². The van der Waals surface area contributed by atoms with Gasteiger partial charge in [0, 0.05) is 0 Å². The third-order valence-corrected chi connectivity index (χ3v) is 3.28. The molecule has 2 nitrogen and oxygen atoms in total. The number of allylic oxidation sites excluding steroid dienone is 1. The minimum Gasteiger partial charge on any atom is -0.204 e. The van der Waals surface area contributed by atoms with Crippen LogP contribution in [0.25, 0.3) is 0 Å². The van der Waals surface area contributed by atoms with E-state index >= 15 is 0 Å². The van der Waals surface area contributed by atoms with Crippen LogP contribution in [0.3, 0.4) is 0 Å². The number of hydrogen-bond acceptors (Lipinski definition) is 2. The molecule has 0 aliphatic carbocycles. The molecule has 2 aromatic carbocycles. The fraction of sp³-hybridized carbons (Fsp3) is 0.158. The van der Waals surface area contributed by atoms with Crippen molar-refractivity contribution in [2.45, 2.75) is 19.3 Å². The van der Waals surface area contributed by atoms with Crippen molar-refractivity contribution in [2.24, 2.45) is 10.2 Å². The Labute approximate surface area is 134 Å². The molecule has 0 atom stereocenters. The lowest BCUT2D eigenvalue weighted by Crippen LogP contribution is -1.88. The minimum atomic E-state index is -0.898. The maximum atomic E-state index is 13.0. The summed E-state index contributed by atoms with van der Waals surface area (Å²) in [6, 6.07) is 11.6. The highest BCUT2D eigenvalue weighted by atomic mass is 19.2. The van der Waals surface area contributed by atoms with Crippen molar-refractivity contribution in [3.05, 3.63) is 83.4 Å². The van der Waals surface area contributed by atoms with Gasteiger partial charge in [0.1, 0.15) is 0 Å². The summed E-state index contributed by atoms with van der Waals surface area (Å²) in [5.74, 6) is -1.77. The van der Waals surface area contributed by atoms with Gasteiger partial charge in [-0.3, -0.25) is 0 Å². The number of unbranched alkanes of at least 4 members (excludes halogenated alkanes) is 1. The molecule has 0 aromatic heterocycles. The van der Waals surface area contributed by atoms with Gasteiger partial charge in [-0.2, -0.15) is 10.2 Å². The van der Waals surface area contributed by atoms with E-state index in [1.807, 2.05) is 18.2 Å². The van der Waals surface area contributed by atoms with Crippen molar-refractivity contribution in [3.63, 3.8) is 0 Å². The third-order valence-electron chi connectivity index (χ3n) is 3.28. The highest BCUT2D eigenvalue weighted by Gasteiger charge is 2.00. The molecular weight excluding hydrogens is 294 g/mol. The second kappa shape index (κ2) is 8.73. The second-order valence-corrected chi connectivity index (χ2v) is 5.09. The molecule has 0 spiro atoms. The summed E-state index contributed by atoms with van der Waals surface area (Å²) in [5.41, 5.74) is 2.66. The third kappa shape index (κ3) is 5.58. The zero-order chi connectivity index (χ0) is 16.5. The molecule has 0 aliphatic heterocycles. The van der Waals surface area contributed by atoms with Crippen LogP contribution >= 0.6 is 0 Å². The van der Waals surface area contributed by atoms with Gasteiger partial charge in [-0.25, -0.2) is 8.78 Å². The van der Waals surface area contributed by atoms with E-state index in [0.29, 0.717) is 5.56 Å². The van der Waals surface area contributed by atoms with Gasteiger partial charge >= 0.3 is 0 Å². The smallest absolute Gasteiger partial charge is 0.159 e. The van der Waals surface area contributed by atoms with Gasteiger partial charge in [0.2, 0.25) is 0 Å². The first-order chi connectivity index (χ1) is 11.2. The lowest BCUT2D eigenvalue weighted by molar-refractivity contribution is 0.508. The fourth-order valence-corrected chi connectivity index (χ4v) is 2.01. The largest absolute Gasteiger partial charge is 0.204 e. The zero-order valence-corrected chi connectivity index (χ0v) is 12.8. The Morgan fingerprint density at radius 1 is 0.870 bits per heavy atom.